The number of nitrogens with zero attached hydrogens (tertiary/aromatic N) is 1. The molecule has 2 aliphatic heterocycles. The van der Waals surface area contributed by atoms with Gasteiger partial charge in [0, 0.05) is 11.8 Å². The van der Waals surface area contributed by atoms with Crippen molar-refractivity contribution < 1.29 is 38.6 Å². The third kappa shape index (κ3) is 3.66. The second-order valence-corrected chi connectivity index (χ2v) is 6.35. The van der Waals surface area contributed by atoms with E-state index in [9.17, 15) is 29.4 Å². The molecule has 0 bridgehead atoms. The maximum Gasteiger partial charge on any atom is 0.249 e. The summed E-state index contributed by atoms with van der Waals surface area (Å²) in [6, 6.07) is 0. The Bertz CT molecular complexity index is 520. The van der Waals surface area contributed by atoms with Crippen molar-refractivity contribution in [3.8, 4) is 0 Å². The molecular weight excluding hydrogens is 319 g/mol. The molecule has 1 amide bonds. The maximum atomic E-state index is 11.5. The highest BCUT2D eigenvalue weighted by molar-refractivity contribution is 7.43. The lowest BCUT2D eigenvalue weighted by Gasteiger charge is -2.38. The van der Waals surface area contributed by atoms with Gasteiger partial charge in [-0.2, -0.15) is 0 Å². The van der Waals surface area contributed by atoms with E-state index in [0.717, 1.165) is 0 Å². The Kier molecular flexibility index (Phi) is 4.93. The van der Waals surface area contributed by atoms with Gasteiger partial charge in [0.2, 0.25) is 5.91 Å². The summed E-state index contributed by atoms with van der Waals surface area (Å²) in [5.74, 6) is -0.268. The number of ether oxygens (including phenoxy) is 1. The fraction of sp³-hybridized carbons (Fsp3) is 0.727. The molecule has 2 rings (SSSR count). The number of hydrogen-bond acceptors (Lipinski definition) is 9. The molecule has 11 heteroatoms. The molecule has 1 fully saturated rings. The smallest absolute Gasteiger partial charge is 0.249 e. The molecule has 2 aliphatic rings. The third-order valence-electron chi connectivity index (χ3n) is 3.52. The highest BCUT2D eigenvalue weighted by Gasteiger charge is 2.46. The van der Waals surface area contributed by atoms with Gasteiger partial charge in [-0.25, -0.2) is 0 Å². The molecular formula is C11H17N2O8P-2. The first-order valence-electron chi connectivity index (χ1n) is 6.55. The number of phosphoric ester groups is 1. The molecule has 0 aliphatic carbocycles. The summed E-state index contributed by atoms with van der Waals surface area (Å²) in [5.41, 5.74) is 0.381. The van der Waals surface area contributed by atoms with Gasteiger partial charge in [0.05, 0.1) is 14.4 Å². The van der Waals surface area contributed by atoms with Gasteiger partial charge in [0.1, 0.15) is 24.5 Å². The van der Waals surface area contributed by atoms with Gasteiger partial charge in [0.15, 0.2) is 6.23 Å². The van der Waals surface area contributed by atoms with Gasteiger partial charge in [-0.05, 0) is 13.8 Å². The summed E-state index contributed by atoms with van der Waals surface area (Å²) in [6.07, 6.45) is -4.04. The molecule has 126 valence electrons. The number of nitrogens with one attached hydrogen (secondary N) is 1. The first kappa shape index (κ1) is 17.4. The van der Waals surface area contributed by atoms with Crippen LogP contribution in [0.5, 0.6) is 0 Å². The van der Waals surface area contributed by atoms with Crippen LogP contribution in [-0.2, 0) is 18.6 Å². The van der Waals surface area contributed by atoms with E-state index < -0.39 is 45.1 Å². The number of amides is 1. The van der Waals surface area contributed by atoms with Crippen molar-refractivity contribution in [3.05, 3.63) is 11.8 Å². The van der Waals surface area contributed by atoms with Gasteiger partial charge in [-0.1, -0.05) is 0 Å². The van der Waals surface area contributed by atoms with Gasteiger partial charge in [0.25, 0.3) is 0 Å². The van der Waals surface area contributed by atoms with Crippen molar-refractivity contribution in [2.24, 2.45) is 0 Å². The van der Waals surface area contributed by atoms with Crippen molar-refractivity contribution in [2.45, 2.75) is 44.6 Å². The van der Waals surface area contributed by atoms with Crippen LogP contribution in [0.4, 0.5) is 0 Å². The molecule has 3 unspecified atom stereocenters. The van der Waals surface area contributed by atoms with Crippen LogP contribution in [0.2, 0.25) is 0 Å². The fourth-order valence-corrected chi connectivity index (χ4v) is 2.67. The zero-order chi connectivity index (χ0) is 16.7. The molecule has 3 N–H and O–H groups in total. The second kappa shape index (κ2) is 6.25. The third-order valence-corrected chi connectivity index (χ3v) is 3.98. The van der Waals surface area contributed by atoms with Gasteiger partial charge in [-0.3, -0.25) is 4.79 Å². The number of phosphoric acid groups is 1. The summed E-state index contributed by atoms with van der Waals surface area (Å²) in [6.45, 7) is 2.52. The van der Waals surface area contributed by atoms with Crippen molar-refractivity contribution in [1.29, 1.82) is 0 Å². The van der Waals surface area contributed by atoms with Crippen molar-refractivity contribution >= 4 is 13.7 Å². The predicted molar refractivity (Wildman–Crippen MR) is 67.4 cm³/mol. The Morgan fingerprint density at radius 3 is 2.68 bits per heavy atom. The topological polar surface area (TPSA) is 154 Å². The average Bonchev–Trinajstić information content (AvgIpc) is 2.68. The lowest BCUT2D eigenvalue weighted by Crippen LogP contribution is -2.55. The molecule has 2 heterocycles. The Morgan fingerprint density at radius 2 is 2.09 bits per heavy atom. The van der Waals surface area contributed by atoms with Crippen LogP contribution >= 0.6 is 7.82 Å². The average molecular weight is 336 g/mol. The molecule has 5 atom stereocenters. The molecule has 0 aromatic rings. The van der Waals surface area contributed by atoms with Gasteiger partial charge in [-0.15, -0.1) is 0 Å². The fourth-order valence-electron chi connectivity index (χ4n) is 2.34. The molecule has 0 spiro atoms. The minimum absolute atomic E-state index is 0.268. The zero-order valence-corrected chi connectivity index (χ0v) is 12.8. The van der Waals surface area contributed by atoms with E-state index in [1.165, 1.54) is 11.1 Å². The summed E-state index contributed by atoms with van der Waals surface area (Å²) in [5, 5.41) is 22.5. The Hall–Kier alpha value is -1.00. The van der Waals surface area contributed by atoms with E-state index in [1.54, 1.807) is 13.8 Å². The Morgan fingerprint density at radius 1 is 1.45 bits per heavy atom. The maximum absolute atomic E-state index is 11.5. The number of aliphatic hydroxyl groups excluding tert-OH is 2. The van der Waals surface area contributed by atoms with E-state index in [-0.39, 0.29) is 5.91 Å². The first-order chi connectivity index (χ1) is 10.1. The lowest BCUT2D eigenvalue weighted by molar-refractivity contribution is -0.343. The van der Waals surface area contributed by atoms with Crippen LogP contribution < -0.4 is 15.1 Å². The van der Waals surface area contributed by atoms with Gasteiger partial charge >= 0.3 is 0 Å². The number of carbonyl (C=O) groups is 1. The molecule has 10 nitrogen and oxygen atoms in total. The summed E-state index contributed by atoms with van der Waals surface area (Å²) in [7, 11) is -5.20. The zero-order valence-electron chi connectivity index (χ0n) is 11.9. The van der Waals surface area contributed by atoms with Crippen LogP contribution in [-0.4, -0.2) is 58.3 Å². The number of hydrogen-bond donors (Lipinski definition) is 3. The summed E-state index contributed by atoms with van der Waals surface area (Å²) < 4.78 is 19.9. The molecule has 1 saturated heterocycles. The van der Waals surface area contributed by atoms with E-state index in [0.29, 0.717) is 5.57 Å². The van der Waals surface area contributed by atoms with Crippen LogP contribution in [0, 0.1) is 0 Å². The highest BCUT2D eigenvalue weighted by atomic mass is 31.2. The first-order valence-corrected chi connectivity index (χ1v) is 8.01. The van der Waals surface area contributed by atoms with E-state index >= 15 is 0 Å². The molecule has 0 aromatic carbocycles. The molecule has 0 radical (unpaired) electrons. The van der Waals surface area contributed by atoms with Crippen LogP contribution in [0.25, 0.3) is 0 Å². The van der Waals surface area contributed by atoms with Crippen LogP contribution in [0.15, 0.2) is 11.8 Å². The van der Waals surface area contributed by atoms with Crippen molar-refractivity contribution in [2.75, 3.05) is 6.61 Å². The quantitative estimate of drug-likeness (QED) is 0.454. The lowest BCUT2D eigenvalue weighted by atomic mass is 10.1. The normalized spacial score (nSPS) is 36.3. The minimum Gasteiger partial charge on any atom is -0.790 e. The Balaban J connectivity index is 2.09. The molecule has 0 aromatic heterocycles. The molecule has 0 saturated carbocycles. The second-order valence-electron chi connectivity index (χ2n) is 5.20. The minimum atomic E-state index is -5.20. The Labute approximate surface area is 126 Å². The van der Waals surface area contributed by atoms with Crippen molar-refractivity contribution in [3.63, 3.8) is 0 Å². The predicted octanol–water partition coefficient (Wildman–Crippen LogP) is -3.04. The largest absolute Gasteiger partial charge is 0.790 e. The molecule has 22 heavy (non-hydrogen) atoms. The standard InChI is InChI=1S/C11H19N2O8P/c1-5-3-13(6(2)12-10(5)16)11-9(15)8(14)7(21-11)4-20-22(17,18)19/h3,6-9,11,14-15H,4H2,1-2H3,(H,12,16)(H2,17,18,19)/p-2/t6?,7-,8?,9?,11-/m1/s1. The van der Waals surface area contributed by atoms with Crippen LogP contribution in [0.1, 0.15) is 13.8 Å². The van der Waals surface area contributed by atoms with E-state index in [1.807, 2.05) is 0 Å². The SMILES string of the molecule is CC1=CN([C@@H]2O[C@H](COP(=O)([O-])[O-])C(O)C2O)C(C)NC1=O. The van der Waals surface area contributed by atoms with Gasteiger partial charge < -0.3 is 44.0 Å². The number of aliphatic hydroxyl groups is 2. The summed E-state index contributed by atoms with van der Waals surface area (Å²) >= 11 is 0. The van der Waals surface area contributed by atoms with Crippen molar-refractivity contribution in [1.82, 2.24) is 10.2 Å². The highest BCUT2D eigenvalue weighted by Crippen LogP contribution is 2.31. The number of rotatable bonds is 4. The summed E-state index contributed by atoms with van der Waals surface area (Å²) in [4.78, 5) is 33.9. The van der Waals surface area contributed by atoms with E-state index in [2.05, 4.69) is 9.84 Å². The van der Waals surface area contributed by atoms with Crippen LogP contribution in [0.3, 0.4) is 0 Å². The number of carbonyl (C=O) groups excluding carboxylic acids is 1. The van der Waals surface area contributed by atoms with E-state index in [4.69, 9.17) is 4.74 Å². The monoisotopic (exact) mass is 336 g/mol.